The van der Waals surface area contributed by atoms with E-state index in [0.717, 1.165) is 17.0 Å². The van der Waals surface area contributed by atoms with Gasteiger partial charge in [-0.15, -0.1) is 0 Å². The van der Waals surface area contributed by atoms with Crippen LogP contribution in [0.15, 0.2) is 65.4 Å². The molecule has 1 atom stereocenters. The lowest BCUT2D eigenvalue weighted by Gasteiger charge is -2.31. The van der Waals surface area contributed by atoms with Gasteiger partial charge < -0.3 is 0 Å². The van der Waals surface area contributed by atoms with Crippen molar-refractivity contribution in [3.05, 3.63) is 66.0 Å². The number of aromatic nitrogens is 2. The number of aliphatic imine (C=N–C) groups is 1. The first-order valence-corrected chi connectivity index (χ1v) is 7.75. The van der Waals surface area contributed by atoms with E-state index in [1.807, 2.05) is 37.3 Å². The molecule has 0 fully saturated rings. The minimum atomic E-state index is -0.0596. The van der Waals surface area contributed by atoms with Crippen LogP contribution in [-0.2, 0) is 6.54 Å². The summed E-state index contributed by atoms with van der Waals surface area (Å²) in [6.45, 7) is 6.73. The molecule has 1 unspecified atom stereocenters. The average Bonchev–Trinajstić information content (AvgIpc) is 3.16. The van der Waals surface area contributed by atoms with E-state index in [4.69, 9.17) is 0 Å². The van der Waals surface area contributed by atoms with Gasteiger partial charge in [0.15, 0.2) is 0 Å². The van der Waals surface area contributed by atoms with Gasteiger partial charge in [0, 0.05) is 23.9 Å². The van der Waals surface area contributed by atoms with Crippen LogP contribution >= 0.6 is 0 Å². The van der Waals surface area contributed by atoms with Crippen molar-refractivity contribution in [1.82, 2.24) is 9.55 Å². The van der Waals surface area contributed by atoms with E-state index < -0.39 is 0 Å². The molecule has 1 amide bonds. The van der Waals surface area contributed by atoms with Gasteiger partial charge in [0.2, 0.25) is 6.34 Å². The van der Waals surface area contributed by atoms with Crippen molar-refractivity contribution in [2.24, 2.45) is 10.9 Å². The van der Waals surface area contributed by atoms with Gasteiger partial charge in [0.1, 0.15) is 24.3 Å². The number of quaternary nitrogens is 1. The third kappa shape index (κ3) is 2.64. The molecule has 118 valence electrons. The van der Waals surface area contributed by atoms with Crippen LogP contribution in [-0.4, -0.2) is 26.4 Å². The predicted octanol–water partition coefficient (Wildman–Crippen LogP) is 3.80. The molecule has 0 N–H and O–H groups in total. The van der Waals surface area contributed by atoms with Crippen molar-refractivity contribution in [1.29, 1.82) is 0 Å². The number of hydrogen-bond donors (Lipinski definition) is 0. The predicted molar refractivity (Wildman–Crippen MR) is 89.5 cm³/mol. The number of carbonyl (C=O) groups is 1. The normalized spacial score (nSPS) is 20.5. The summed E-state index contributed by atoms with van der Waals surface area (Å²) in [6.07, 6.45) is 6.62. The van der Waals surface area contributed by atoms with E-state index in [0.29, 0.717) is 6.54 Å². The zero-order valence-corrected chi connectivity index (χ0v) is 13.7. The Morgan fingerprint density at radius 3 is 2.61 bits per heavy atom. The van der Waals surface area contributed by atoms with E-state index in [1.54, 1.807) is 25.1 Å². The van der Waals surface area contributed by atoms with Crippen molar-refractivity contribution in [2.75, 3.05) is 0 Å². The minimum absolute atomic E-state index is 0.0596. The molecule has 23 heavy (non-hydrogen) atoms. The van der Waals surface area contributed by atoms with E-state index in [1.165, 1.54) is 4.57 Å². The Labute approximate surface area is 136 Å². The van der Waals surface area contributed by atoms with Crippen LogP contribution < -0.4 is 0 Å². The molecule has 5 heteroatoms. The highest BCUT2D eigenvalue weighted by Gasteiger charge is 2.47. The van der Waals surface area contributed by atoms with Gasteiger partial charge in [0.25, 0.3) is 0 Å². The first-order chi connectivity index (χ1) is 11.0. The molecule has 2 heterocycles. The fourth-order valence-electron chi connectivity index (χ4n) is 3.28. The molecule has 0 aliphatic carbocycles. The first-order valence-electron chi connectivity index (χ1n) is 7.75. The average molecular weight is 309 g/mol. The highest BCUT2D eigenvalue weighted by molar-refractivity contribution is 5.81. The molecule has 1 aliphatic rings. The second-order valence-electron chi connectivity index (χ2n) is 6.13. The molecular weight excluding hydrogens is 288 g/mol. The molecule has 3 rings (SSSR count). The summed E-state index contributed by atoms with van der Waals surface area (Å²) in [5.41, 5.74) is 3.05. The topological polar surface area (TPSA) is 47.2 Å². The van der Waals surface area contributed by atoms with Crippen LogP contribution in [0.25, 0.3) is 0 Å². The lowest BCUT2D eigenvalue weighted by Crippen LogP contribution is -2.51. The van der Waals surface area contributed by atoms with Gasteiger partial charge >= 0.3 is 6.03 Å². The summed E-state index contributed by atoms with van der Waals surface area (Å²) in [6, 6.07) is 9.99. The van der Waals surface area contributed by atoms with Gasteiger partial charge in [-0.1, -0.05) is 44.2 Å². The number of amides is 1. The van der Waals surface area contributed by atoms with Crippen molar-refractivity contribution < 1.29 is 9.28 Å². The van der Waals surface area contributed by atoms with Crippen molar-refractivity contribution in [3.8, 4) is 0 Å². The van der Waals surface area contributed by atoms with Crippen molar-refractivity contribution >= 4 is 12.4 Å². The summed E-state index contributed by atoms with van der Waals surface area (Å²) < 4.78 is 1.62. The first kappa shape index (κ1) is 15.4. The van der Waals surface area contributed by atoms with Crippen LogP contribution in [0, 0.1) is 5.92 Å². The smallest absolute Gasteiger partial charge is 0.245 e. The van der Waals surface area contributed by atoms with Crippen LogP contribution in [0.4, 0.5) is 4.79 Å². The fraction of sp³-hybridized carbons (Fsp3) is 0.278. The van der Waals surface area contributed by atoms with Crippen molar-refractivity contribution in [3.63, 3.8) is 0 Å². The summed E-state index contributed by atoms with van der Waals surface area (Å²) in [5, 5.41) is 0. The number of rotatable bonds is 3. The molecule has 1 aromatic carbocycles. The van der Waals surface area contributed by atoms with E-state index in [-0.39, 0.29) is 16.4 Å². The number of allylic oxidation sites excluding steroid dienone is 2. The lowest BCUT2D eigenvalue weighted by atomic mass is 10.0. The highest BCUT2D eigenvalue weighted by atomic mass is 16.2. The number of nitrogens with zero attached hydrogens (tertiary/aromatic N) is 4. The quantitative estimate of drug-likeness (QED) is 0.810. The van der Waals surface area contributed by atoms with Gasteiger partial charge in [0.05, 0.1) is 0 Å². The zero-order valence-electron chi connectivity index (χ0n) is 13.7. The van der Waals surface area contributed by atoms with Crippen molar-refractivity contribution in [2.45, 2.75) is 27.3 Å². The van der Waals surface area contributed by atoms with E-state index in [2.05, 4.69) is 23.8 Å². The molecule has 0 bridgehead atoms. The zero-order chi connectivity index (χ0) is 16.4. The van der Waals surface area contributed by atoms with Gasteiger partial charge in [-0.3, -0.25) is 0 Å². The number of imidazole rings is 1. The monoisotopic (exact) mass is 309 g/mol. The van der Waals surface area contributed by atoms with Crippen LogP contribution in [0.2, 0.25) is 0 Å². The molecule has 0 spiro atoms. The van der Waals surface area contributed by atoms with E-state index in [9.17, 15) is 4.79 Å². The number of hydrogen-bond acceptors (Lipinski definition) is 3. The maximum atomic E-state index is 13.3. The summed E-state index contributed by atoms with van der Waals surface area (Å²) >= 11 is 0. The molecule has 0 saturated heterocycles. The SMILES string of the molecule is CC1=C(C(C)C)[N+](Cc2ccccc2)(C(=O)n2ccnc2)C=N1. The lowest BCUT2D eigenvalue weighted by molar-refractivity contribution is -0.726. The maximum absolute atomic E-state index is 13.3. The van der Waals surface area contributed by atoms with Crippen LogP contribution in [0.1, 0.15) is 26.3 Å². The van der Waals surface area contributed by atoms with E-state index >= 15 is 0 Å². The standard InChI is InChI=1S/C18H21N4O/c1-14(2)17-15(3)20-13-22(17,11-16-7-5-4-6-8-16)18(23)21-10-9-19-12-21/h4-10,12-14H,11H2,1-3H3/q+1. The maximum Gasteiger partial charge on any atom is 0.439 e. The molecule has 5 nitrogen and oxygen atoms in total. The number of benzene rings is 1. The Morgan fingerprint density at radius 1 is 1.26 bits per heavy atom. The minimum Gasteiger partial charge on any atom is -0.245 e. The van der Waals surface area contributed by atoms with Crippen LogP contribution in [0.3, 0.4) is 0 Å². The molecule has 1 aliphatic heterocycles. The Morgan fingerprint density at radius 2 is 2.00 bits per heavy atom. The highest BCUT2D eigenvalue weighted by Crippen LogP contribution is 2.35. The van der Waals surface area contributed by atoms with Gasteiger partial charge in [-0.25, -0.2) is 19.3 Å². The third-order valence-corrected chi connectivity index (χ3v) is 4.14. The summed E-state index contributed by atoms with van der Waals surface area (Å²) in [7, 11) is 0. The molecule has 0 saturated carbocycles. The van der Waals surface area contributed by atoms with Gasteiger partial charge in [-0.05, 0) is 6.92 Å². The second-order valence-corrected chi connectivity index (χ2v) is 6.13. The van der Waals surface area contributed by atoms with Crippen LogP contribution in [0.5, 0.6) is 0 Å². The Balaban J connectivity index is 2.11. The summed E-state index contributed by atoms with van der Waals surface area (Å²) in [5.74, 6) is 0.216. The Hall–Kier alpha value is -2.53. The number of carbonyl (C=O) groups excluding carboxylic acids is 1. The summed E-state index contributed by atoms with van der Waals surface area (Å²) in [4.78, 5) is 21.8. The second kappa shape index (κ2) is 5.93. The molecule has 2 aromatic rings. The third-order valence-electron chi connectivity index (χ3n) is 4.14. The largest absolute Gasteiger partial charge is 0.439 e. The Bertz CT molecular complexity index is 760. The van der Waals surface area contributed by atoms with Gasteiger partial charge in [-0.2, -0.15) is 4.48 Å². The molecular formula is C18H21N4O+. The fourth-order valence-corrected chi connectivity index (χ4v) is 3.28. The molecule has 1 aromatic heterocycles. The molecule has 0 radical (unpaired) electrons. The Kier molecular flexibility index (Phi) is 3.96.